The molecule has 2 heterocycles. The van der Waals surface area contributed by atoms with Crippen LogP contribution in [-0.4, -0.2) is 20.8 Å². The van der Waals surface area contributed by atoms with Crippen LogP contribution in [0.5, 0.6) is 0 Å². The third-order valence-electron chi connectivity index (χ3n) is 2.97. The molecule has 1 fully saturated rings. The van der Waals surface area contributed by atoms with Gasteiger partial charge in [0.1, 0.15) is 0 Å². The lowest BCUT2D eigenvalue weighted by Crippen LogP contribution is -2.17. The van der Waals surface area contributed by atoms with Crippen LogP contribution >= 0.6 is 0 Å². The van der Waals surface area contributed by atoms with E-state index in [1.165, 1.54) is 18.4 Å². The molecule has 88 valence electrons. The van der Waals surface area contributed by atoms with Gasteiger partial charge in [-0.05, 0) is 31.9 Å². The summed E-state index contributed by atoms with van der Waals surface area (Å²) in [4.78, 5) is 4.42. The molecule has 4 heteroatoms. The van der Waals surface area contributed by atoms with E-state index >= 15 is 0 Å². The summed E-state index contributed by atoms with van der Waals surface area (Å²) in [6, 6.07) is 6.79. The van der Waals surface area contributed by atoms with E-state index in [4.69, 9.17) is 0 Å². The van der Waals surface area contributed by atoms with Gasteiger partial charge in [-0.15, -0.1) is 0 Å². The quantitative estimate of drug-likeness (QED) is 0.868. The average molecular weight is 228 g/mol. The number of aromatic nitrogens is 3. The summed E-state index contributed by atoms with van der Waals surface area (Å²) >= 11 is 0. The number of rotatable bonds is 4. The Morgan fingerprint density at radius 3 is 3.00 bits per heavy atom. The Balaban J connectivity index is 1.86. The summed E-state index contributed by atoms with van der Waals surface area (Å²) < 4.78 is 1.85. The molecule has 0 saturated heterocycles. The molecule has 4 nitrogen and oxygen atoms in total. The van der Waals surface area contributed by atoms with Crippen LogP contribution in [-0.2, 0) is 6.54 Å². The van der Waals surface area contributed by atoms with E-state index in [1.54, 1.807) is 0 Å². The number of hydrogen-bond donors (Lipinski definition) is 1. The summed E-state index contributed by atoms with van der Waals surface area (Å²) in [5.74, 6) is 0.925. The van der Waals surface area contributed by atoms with Crippen LogP contribution < -0.4 is 5.32 Å². The SMILES string of the molecule is Cc1ccn(-c2ncccc2CNC2CC2)n1. The van der Waals surface area contributed by atoms with Crippen molar-refractivity contribution in [2.45, 2.75) is 32.4 Å². The summed E-state index contributed by atoms with van der Waals surface area (Å²) in [5.41, 5.74) is 2.21. The number of hydrogen-bond acceptors (Lipinski definition) is 3. The first kappa shape index (κ1) is 10.5. The lowest BCUT2D eigenvalue weighted by molar-refractivity contribution is 0.676. The van der Waals surface area contributed by atoms with Crippen molar-refractivity contribution in [3.05, 3.63) is 41.9 Å². The molecule has 0 radical (unpaired) electrons. The number of aryl methyl sites for hydroxylation is 1. The molecule has 0 aliphatic heterocycles. The van der Waals surface area contributed by atoms with Crippen LogP contribution in [0.4, 0.5) is 0 Å². The minimum atomic E-state index is 0.711. The summed E-state index contributed by atoms with van der Waals surface area (Å²) in [7, 11) is 0. The van der Waals surface area contributed by atoms with Crippen molar-refractivity contribution in [3.63, 3.8) is 0 Å². The van der Waals surface area contributed by atoms with Gasteiger partial charge in [0.25, 0.3) is 0 Å². The number of nitrogens with one attached hydrogen (secondary N) is 1. The molecular formula is C13H16N4. The Hall–Kier alpha value is -1.68. The fraction of sp³-hybridized carbons (Fsp3) is 0.385. The highest BCUT2D eigenvalue weighted by Crippen LogP contribution is 2.20. The Labute approximate surface area is 101 Å². The van der Waals surface area contributed by atoms with E-state index in [0.717, 1.165) is 18.1 Å². The first-order valence-electron chi connectivity index (χ1n) is 6.03. The first-order valence-corrected chi connectivity index (χ1v) is 6.03. The first-order chi connectivity index (χ1) is 8.33. The van der Waals surface area contributed by atoms with E-state index < -0.39 is 0 Å². The highest BCUT2D eigenvalue weighted by atomic mass is 15.3. The third-order valence-corrected chi connectivity index (χ3v) is 2.97. The molecule has 1 aliphatic rings. The Morgan fingerprint density at radius 1 is 1.41 bits per heavy atom. The Bertz CT molecular complexity index is 514. The molecule has 1 saturated carbocycles. The fourth-order valence-corrected chi connectivity index (χ4v) is 1.85. The highest BCUT2D eigenvalue weighted by Gasteiger charge is 2.20. The van der Waals surface area contributed by atoms with Gasteiger partial charge in [0.05, 0.1) is 5.69 Å². The van der Waals surface area contributed by atoms with Gasteiger partial charge < -0.3 is 5.32 Å². The monoisotopic (exact) mass is 228 g/mol. The second kappa shape index (κ2) is 4.30. The summed E-state index contributed by atoms with van der Waals surface area (Å²) in [6.07, 6.45) is 6.37. The molecule has 1 N–H and O–H groups in total. The molecule has 2 aromatic heterocycles. The zero-order chi connectivity index (χ0) is 11.7. The normalized spacial score (nSPS) is 15.1. The zero-order valence-corrected chi connectivity index (χ0v) is 9.93. The molecule has 1 aliphatic carbocycles. The smallest absolute Gasteiger partial charge is 0.157 e. The maximum absolute atomic E-state index is 4.42. The van der Waals surface area contributed by atoms with Gasteiger partial charge in [0.2, 0.25) is 0 Å². The van der Waals surface area contributed by atoms with E-state index in [-0.39, 0.29) is 0 Å². The topological polar surface area (TPSA) is 42.7 Å². The second-order valence-corrected chi connectivity index (χ2v) is 4.54. The molecule has 0 unspecified atom stereocenters. The van der Waals surface area contributed by atoms with Gasteiger partial charge in [-0.3, -0.25) is 0 Å². The van der Waals surface area contributed by atoms with Gasteiger partial charge in [-0.2, -0.15) is 5.10 Å². The second-order valence-electron chi connectivity index (χ2n) is 4.54. The molecule has 0 atom stereocenters. The van der Waals surface area contributed by atoms with Crippen molar-refractivity contribution in [1.29, 1.82) is 0 Å². The molecule has 2 aromatic rings. The van der Waals surface area contributed by atoms with E-state index in [9.17, 15) is 0 Å². The van der Waals surface area contributed by atoms with Crippen molar-refractivity contribution < 1.29 is 0 Å². The van der Waals surface area contributed by atoms with Gasteiger partial charge >= 0.3 is 0 Å². The molecular weight excluding hydrogens is 212 g/mol. The van der Waals surface area contributed by atoms with Crippen LogP contribution in [0.2, 0.25) is 0 Å². The van der Waals surface area contributed by atoms with Crippen LogP contribution in [0.3, 0.4) is 0 Å². The van der Waals surface area contributed by atoms with Crippen LogP contribution in [0.15, 0.2) is 30.6 Å². The summed E-state index contributed by atoms with van der Waals surface area (Å²) in [5, 5.41) is 7.92. The van der Waals surface area contributed by atoms with E-state index in [2.05, 4.69) is 21.5 Å². The summed E-state index contributed by atoms with van der Waals surface area (Å²) in [6.45, 7) is 2.86. The van der Waals surface area contributed by atoms with Crippen LogP contribution in [0.25, 0.3) is 5.82 Å². The van der Waals surface area contributed by atoms with Gasteiger partial charge in [0, 0.05) is 30.5 Å². The Morgan fingerprint density at radius 2 is 2.29 bits per heavy atom. The van der Waals surface area contributed by atoms with Crippen LogP contribution in [0, 0.1) is 6.92 Å². The minimum absolute atomic E-state index is 0.711. The standard InChI is InChI=1S/C13H16N4/c1-10-6-8-17(16-10)13-11(3-2-7-14-13)9-15-12-4-5-12/h2-3,6-8,12,15H,4-5,9H2,1H3. The van der Waals surface area contributed by atoms with E-state index in [0.29, 0.717) is 6.04 Å². The van der Waals surface area contributed by atoms with Crippen molar-refractivity contribution in [2.75, 3.05) is 0 Å². The van der Waals surface area contributed by atoms with Crippen molar-refractivity contribution in [2.24, 2.45) is 0 Å². The van der Waals surface area contributed by atoms with E-state index in [1.807, 2.05) is 36.1 Å². The number of nitrogens with zero attached hydrogens (tertiary/aromatic N) is 3. The molecule has 17 heavy (non-hydrogen) atoms. The minimum Gasteiger partial charge on any atom is -0.310 e. The largest absolute Gasteiger partial charge is 0.310 e. The molecule has 0 bridgehead atoms. The fourth-order valence-electron chi connectivity index (χ4n) is 1.85. The maximum Gasteiger partial charge on any atom is 0.157 e. The van der Waals surface area contributed by atoms with Crippen molar-refractivity contribution in [3.8, 4) is 5.82 Å². The molecule has 0 amide bonds. The average Bonchev–Trinajstić information content (AvgIpc) is 3.08. The van der Waals surface area contributed by atoms with Crippen molar-refractivity contribution >= 4 is 0 Å². The Kier molecular flexibility index (Phi) is 2.65. The molecule has 0 spiro atoms. The van der Waals surface area contributed by atoms with Crippen molar-refractivity contribution in [1.82, 2.24) is 20.1 Å². The zero-order valence-electron chi connectivity index (χ0n) is 9.93. The predicted molar refractivity (Wildman–Crippen MR) is 66.0 cm³/mol. The van der Waals surface area contributed by atoms with Crippen LogP contribution in [0.1, 0.15) is 24.1 Å². The lowest BCUT2D eigenvalue weighted by atomic mass is 10.2. The predicted octanol–water partition coefficient (Wildman–Crippen LogP) is 1.83. The highest BCUT2D eigenvalue weighted by molar-refractivity contribution is 5.33. The van der Waals surface area contributed by atoms with Gasteiger partial charge in [0.15, 0.2) is 5.82 Å². The third kappa shape index (κ3) is 2.36. The lowest BCUT2D eigenvalue weighted by Gasteiger charge is -2.08. The van der Waals surface area contributed by atoms with Gasteiger partial charge in [-0.25, -0.2) is 9.67 Å². The maximum atomic E-state index is 4.42. The number of pyridine rings is 1. The van der Waals surface area contributed by atoms with Gasteiger partial charge in [-0.1, -0.05) is 6.07 Å². The molecule has 3 rings (SSSR count). The molecule has 0 aromatic carbocycles.